The molecule has 5 rings (SSSR count). The monoisotopic (exact) mass is 610 g/mol. The van der Waals surface area contributed by atoms with Crippen LogP contribution in [0.2, 0.25) is 5.02 Å². The number of halogens is 2. The molecule has 2 aliphatic rings. The lowest BCUT2D eigenvalue weighted by molar-refractivity contribution is -0.140. The van der Waals surface area contributed by atoms with Gasteiger partial charge in [-0.05, 0) is 42.3 Å². The van der Waals surface area contributed by atoms with Crippen LogP contribution in [-0.4, -0.2) is 82.9 Å². The van der Waals surface area contributed by atoms with E-state index in [4.69, 9.17) is 16.4 Å². The molecule has 1 atom stereocenters. The number of carbonyl (C=O) groups is 3. The molecule has 1 N–H and O–H groups in total. The summed E-state index contributed by atoms with van der Waals surface area (Å²) >= 11 is 6.14. The summed E-state index contributed by atoms with van der Waals surface area (Å²) < 4.78 is 14.0. The third-order valence-electron chi connectivity index (χ3n) is 7.94. The summed E-state index contributed by atoms with van der Waals surface area (Å²) in [5.41, 5.74) is 3.50. The number of carbonyl (C=O) groups excluding carboxylic acids is 3. The second-order valence-electron chi connectivity index (χ2n) is 10.9. The van der Waals surface area contributed by atoms with Crippen molar-refractivity contribution in [3.8, 4) is 0 Å². The molecule has 12 heteroatoms. The first-order chi connectivity index (χ1) is 20.8. The maximum atomic E-state index is 14.0. The quantitative estimate of drug-likeness (QED) is 0.231. The first-order valence-electron chi connectivity index (χ1n) is 14.5. The minimum Gasteiger partial charge on any atom is -0.340 e. The van der Waals surface area contributed by atoms with Crippen molar-refractivity contribution in [3.05, 3.63) is 71.1 Å². The zero-order valence-electron chi connectivity index (χ0n) is 24.1. The Labute approximate surface area is 255 Å². The van der Waals surface area contributed by atoms with E-state index in [1.807, 2.05) is 29.2 Å². The maximum absolute atomic E-state index is 14.0. The van der Waals surface area contributed by atoms with Crippen molar-refractivity contribution >= 4 is 46.4 Å². The minimum atomic E-state index is -0.649. The number of nitrogens with one attached hydrogen (secondary N) is 1. The van der Waals surface area contributed by atoms with Crippen molar-refractivity contribution in [3.63, 3.8) is 0 Å². The van der Waals surface area contributed by atoms with Gasteiger partial charge in [-0.25, -0.2) is 14.8 Å². The number of piperazine rings is 1. The second-order valence-corrected chi connectivity index (χ2v) is 11.3. The van der Waals surface area contributed by atoms with Crippen molar-refractivity contribution < 1.29 is 23.6 Å². The van der Waals surface area contributed by atoms with Gasteiger partial charge in [-0.3, -0.25) is 29.1 Å². The molecule has 0 spiro atoms. The first-order valence-corrected chi connectivity index (χ1v) is 14.9. The van der Waals surface area contributed by atoms with Gasteiger partial charge in [0.25, 0.3) is 0 Å². The van der Waals surface area contributed by atoms with Crippen LogP contribution in [0.15, 0.2) is 54.7 Å². The van der Waals surface area contributed by atoms with Crippen molar-refractivity contribution in [1.82, 2.24) is 25.2 Å². The molecule has 1 saturated heterocycles. The lowest BCUT2D eigenvalue weighted by Crippen LogP contribution is -2.52. The lowest BCUT2D eigenvalue weighted by atomic mass is 10.1. The largest absolute Gasteiger partial charge is 0.340 e. The molecular formula is C31H36ClFN6O4. The van der Waals surface area contributed by atoms with E-state index in [0.29, 0.717) is 31.1 Å². The Morgan fingerprint density at radius 3 is 2.58 bits per heavy atom. The number of hydrazine groups is 1. The Morgan fingerprint density at radius 1 is 1.14 bits per heavy atom. The van der Waals surface area contributed by atoms with E-state index in [9.17, 15) is 18.8 Å². The highest BCUT2D eigenvalue weighted by Crippen LogP contribution is 2.28. The smallest absolute Gasteiger partial charge is 0.239 e. The van der Waals surface area contributed by atoms with Gasteiger partial charge in [0.1, 0.15) is 5.82 Å². The zero-order valence-corrected chi connectivity index (χ0v) is 24.9. The van der Waals surface area contributed by atoms with E-state index < -0.39 is 11.9 Å². The highest BCUT2D eigenvalue weighted by atomic mass is 35.5. The van der Waals surface area contributed by atoms with Gasteiger partial charge >= 0.3 is 0 Å². The fourth-order valence-corrected chi connectivity index (χ4v) is 5.57. The summed E-state index contributed by atoms with van der Waals surface area (Å²) in [7, 11) is 0. The van der Waals surface area contributed by atoms with Gasteiger partial charge in [0.15, 0.2) is 5.82 Å². The Kier molecular flexibility index (Phi) is 10.2. The fraction of sp³-hybridized carbons (Fsp3) is 0.419. The van der Waals surface area contributed by atoms with Crippen LogP contribution in [0.1, 0.15) is 38.2 Å². The van der Waals surface area contributed by atoms with E-state index >= 15 is 0 Å². The van der Waals surface area contributed by atoms with Crippen molar-refractivity contribution in [2.24, 2.45) is 0 Å². The average molecular weight is 611 g/mol. The number of anilines is 1. The van der Waals surface area contributed by atoms with Crippen molar-refractivity contribution in [2.75, 3.05) is 37.8 Å². The van der Waals surface area contributed by atoms with Gasteiger partial charge < -0.3 is 4.90 Å². The molecule has 1 aliphatic heterocycles. The maximum Gasteiger partial charge on any atom is 0.239 e. The molecule has 0 bridgehead atoms. The van der Waals surface area contributed by atoms with Crippen LogP contribution in [0, 0.1) is 5.82 Å². The zero-order chi connectivity index (χ0) is 30.3. The van der Waals surface area contributed by atoms with Gasteiger partial charge in [0, 0.05) is 63.7 Å². The number of rotatable bonds is 13. The van der Waals surface area contributed by atoms with E-state index in [1.54, 1.807) is 18.3 Å². The number of aromatic nitrogens is 1. The highest BCUT2D eigenvalue weighted by Gasteiger charge is 2.33. The predicted molar refractivity (Wildman–Crippen MR) is 161 cm³/mol. The van der Waals surface area contributed by atoms with E-state index in [2.05, 4.69) is 15.3 Å². The standard InChI is InChI=1S/C31H36ClFN6O4/c1-22(41)39(35-19-25-7-4-8-28(33)31(25)32)27(11-12-30(42)37-15-13-36(14-16-37)26-9-10-26)20-43-38(21-40)29-17-23-5-2-3-6-24(23)18-34-29/h2-8,17-18,21,26-27,35H,9-16,19-20H2,1H3/t27-/m0/s1. The van der Waals surface area contributed by atoms with Crippen LogP contribution in [0.4, 0.5) is 10.2 Å². The molecule has 2 fully saturated rings. The number of fused-ring (bicyclic) bond motifs is 1. The number of nitrogens with zero attached hydrogens (tertiary/aromatic N) is 5. The van der Waals surface area contributed by atoms with Crippen LogP contribution in [0.3, 0.4) is 0 Å². The predicted octanol–water partition coefficient (Wildman–Crippen LogP) is 3.93. The molecular weight excluding hydrogens is 575 g/mol. The number of hydrogen-bond donors (Lipinski definition) is 1. The molecule has 10 nitrogen and oxygen atoms in total. The summed E-state index contributed by atoms with van der Waals surface area (Å²) in [5.74, 6) is -0.619. The Bertz CT molecular complexity index is 1450. The summed E-state index contributed by atoms with van der Waals surface area (Å²) in [6.07, 6.45) is 5.07. The topological polar surface area (TPSA) is 98.3 Å². The molecule has 43 heavy (non-hydrogen) atoms. The third kappa shape index (κ3) is 7.85. The molecule has 228 valence electrons. The summed E-state index contributed by atoms with van der Waals surface area (Å²) in [6, 6.07) is 13.8. The SMILES string of the molecule is CC(=O)N(NCc1cccc(F)c1Cl)[C@@H](CCC(=O)N1CCN(C2CC2)CC1)CON(C=O)c1cc2ccccc2cn1. The van der Waals surface area contributed by atoms with Gasteiger partial charge in [-0.15, -0.1) is 0 Å². The van der Waals surface area contributed by atoms with E-state index in [-0.39, 0.29) is 48.6 Å². The Morgan fingerprint density at radius 2 is 1.88 bits per heavy atom. The number of hydroxylamine groups is 1. The number of hydrogen-bond acceptors (Lipinski definition) is 7. The van der Waals surface area contributed by atoms with Gasteiger partial charge in [0.2, 0.25) is 18.2 Å². The van der Waals surface area contributed by atoms with Crippen LogP contribution in [-0.2, 0) is 25.8 Å². The van der Waals surface area contributed by atoms with E-state index in [1.165, 1.54) is 36.9 Å². The molecule has 1 aliphatic carbocycles. The van der Waals surface area contributed by atoms with E-state index in [0.717, 1.165) is 28.9 Å². The van der Waals surface area contributed by atoms with Crippen molar-refractivity contribution in [2.45, 2.75) is 51.2 Å². The van der Waals surface area contributed by atoms with Gasteiger partial charge in [-0.2, -0.15) is 5.06 Å². The van der Waals surface area contributed by atoms with Gasteiger partial charge in [-0.1, -0.05) is 48.0 Å². The third-order valence-corrected chi connectivity index (χ3v) is 8.36. The molecule has 2 heterocycles. The van der Waals surface area contributed by atoms with Crippen LogP contribution in [0.5, 0.6) is 0 Å². The molecule has 1 saturated carbocycles. The molecule has 3 aromatic rings. The second kappa shape index (κ2) is 14.2. The van der Waals surface area contributed by atoms with Crippen LogP contribution >= 0.6 is 11.6 Å². The Balaban J connectivity index is 1.28. The minimum absolute atomic E-state index is 0.000521. The number of amides is 3. The van der Waals surface area contributed by atoms with Crippen LogP contribution < -0.4 is 10.5 Å². The highest BCUT2D eigenvalue weighted by molar-refractivity contribution is 6.31. The summed E-state index contributed by atoms with van der Waals surface area (Å²) in [6.45, 7) is 4.42. The lowest BCUT2D eigenvalue weighted by Gasteiger charge is -2.36. The molecule has 0 unspecified atom stereocenters. The summed E-state index contributed by atoms with van der Waals surface area (Å²) in [5, 5.41) is 4.12. The van der Waals surface area contributed by atoms with Crippen LogP contribution in [0.25, 0.3) is 10.8 Å². The fourth-order valence-electron chi connectivity index (χ4n) is 5.37. The van der Waals surface area contributed by atoms with Crippen molar-refractivity contribution in [1.29, 1.82) is 0 Å². The number of benzene rings is 2. The normalized spacial score (nSPS) is 16.2. The Hall–Kier alpha value is -3.64. The molecule has 1 aromatic heterocycles. The molecule has 0 radical (unpaired) electrons. The van der Waals surface area contributed by atoms with Gasteiger partial charge in [0.05, 0.1) is 17.7 Å². The first kappa shape index (κ1) is 30.8. The summed E-state index contributed by atoms with van der Waals surface area (Å²) in [4.78, 5) is 52.6. The molecule has 3 amide bonds. The average Bonchev–Trinajstić information content (AvgIpc) is 3.87. The molecule has 2 aromatic carbocycles. The number of pyridine rings is 1.